The van der Waals surface area contributed by atoms with Crippen molar-refractivity contribution >= 4 is 38.5 Å². The molecule has 1 spiro atoms. The molecule has 2 aromatic heterocycles. The molecule has 1 fully saturated rings. The van der Waals surface area contributed by atoms with Crippen LogP contribution in [0, 0.1) is 18.8 Å². The zero-order valence-corrected chi connectivity index (χ0v) is 31.5. The van der Waals surface area contributed by atoms with Crippen molar-refractivity contribution < 1.29 is 4.42 Å². The molecule has 3 heteroatoms. The van der Waals surface area contributed by atoms with Crippen molar-refractivity contribution in [2.75, 3.05) is 0 Å². The van der Waals surface area contributed by atoms with Gasteiger partial charge in [-0.15, -0.1) is 0 Å². The van der Waals surface area contributed by atoms with Crippen molar-refractivity contribution in [1.82, 2.24) is 9.55 Å². The van der Waals surface area contributed by atoms with E-state index >= 15 is 0 Å². The first-order valence-electron chi connectivity index (χ1n) is 19.9. The SMILES string of the molecule is CC=C1C(=CCC)C2C(C3=CC=C(c4nc5ccccc5n4-c4ccc(C)cc4)CC3)=CC=CC2C12c1ccccc1-c1c2ccc2c1oc1ccccc12. The number of aryl methyl sites for hydroxylation is 1. The Hall–Kier alpha value is -6.19. The fourth-order valence-electron chi connectivity index (χ4n) is 10.7. The van der Waals surface area contributed by atoms with E-state index in [0.717, 1.165) is 53.0 Å². The molecule has 3 unspecified atom stereocenters. The minimum atomic E-state index is -0.329. The Labute approximate surface area is 322 Å². The summed E-state index contributed by atoms with van der Waals surface area (Å²) in [5.41, 5.74) is 18.5. The Morgan fingerprint density at radius 1 is 0.800 bits per heavy atom. The van der Waals surface area contributed by atoms with Crippen LogP contribution in [-0.4, -0.2) is 9.55 Å². The fourth-order valence-corrected chi connectivity index (χ4v) is 10.7. The quantitative estimate of drug-likeness (QED) is 0.182. The summed E-state index contributed by atoms with van der Waals surface area (Å²) >= 11 is 0. The summed E-state index contributed by atoms with van der Waals surface area (Å²) in [6.07, 6.45) is 19.8. The van der Waals surface area contributed by atoms with E-state index < -0.39 is 0 Å². The van der Waals surface area contributed by atoms with Crippen LogP contribution < -0.4 is 0 Å². The molecule has 0 radical (unpaired) electrons. The average Bonchev–Trinajstić information content (AvgIpc) is 3.96. The van der Waals surface area contributed by atoms with Crippen LogP contribution in [0.1, 0.15) is 55.6 Å². The molecule has 3 atom stereocenters. The summed E-state index contributed by atoms with van der Waals surface area (Å²) in [4.78, 5) is 5.22. The lowest BCUT2D eigenvalue weighted by atomic mass is 9.64. The van der Waals surface area contributed by atoms with E-state index in [1.807, 2.05) is 0 Å². The van der Waals surface area contributed by atoms with Crippen LogP contribution in [0.5, 0.6) is 0 Å². The van der Waals surface area contributed by atoms with Crippen molar-refractivity contribution in [1.29, 1.82) is 0 Å². The van der Waals surface area contributed by atoms with Gasteiger partial charge in [0.25, 0.3) is 0 Å². The van der Waals surface area contributed by atoms with Gasteiger partial charge in [-0.1, -0.05) is 134 Å². The van der Waals surface area contributed by atoms with Gasteiger partial charge in [-0.3, -0.25) is 4.57 Å². The van der Waals surface area contributed by atoms with Crippen molar-refractivity contribution in [3.63, 3.8) is 0 Å². The Bertz CT molecular complexity index is 2940. The van der Waals surface area contributed by atoms with Crippen LogP contribution >= 0.6 is 0 Å². The predicted molar refractivity (Wildman–Crippen MR) is 227 cm³/mol. The largest absolute Gasteiger partial charge is 0.455 e. The highest BCUT2D eigenvalue weighted by Crippen LogP contribution is 2.68. The van der Waals surface area contributed by atoms with Gasteiger partial charge in [0.2, 0.25) is 0 Å². The summed E-state index contributed by atoms with van der Waals surface area (Å²) < 4.78 is 9.11. The number of para-hydroxylation sites is 3. The summed E-state index contributed by atoms with van der Waals surface area (Å²) in [6, 6.07) is 39.7. The molecule has 4 aliphatic rings. The lowest BCUT2D eigenvalue weighted by molar-refractivity contribution is 0.437. The van der Waals surface area contributed by atoms with Gasteiger partial charge in [0, 0.05) is 33.9 Å². The molecular weight excluding hydrogens is 669 g/mol. The number of rotatable bonds is 4. The molecule has 0 amide bonds. The van der Waals surface area contributed by atoms with E-state index in [1.54, 1.807) is 0 Å². The predicted octanol–water partition coefficient (Wildman–Crippen LogP) is 13.3. The van der Waals surface area contributed by atoms with E-state index in [4.69, 9.17) is 9.40 Å². The second-order valence-corrected chi connectivity index (χ2v) is 15.6. The van der Waals surface area contributed by atoms with Crippen LogP contribution in [-0.2, 0) is 5.41 Å². The molecule has 55 heavy (non-hydrogen) atoms. The van der Waals surface area contributed by atoms with Crippen molar-refractivity contribution in [3.05, 3.63) is 197 Å². The third-order valence-electron chi connectivity index (χ3n) is 12.8. The minimum Gasteiger partial charge on any atom is -0.455 e. The topological polar surface area (TPSA) is 31.0 Å². The van der Waals surface area contributed by atoms with Crippen molar-refractivity contribution in [3.8, 4) is 16.8 Å². The number of hydrogen-bond donors (Lipinski definition) is 0. The number of benzene rings is 5. The Morgan fingerprint density at radius 2 is 1.58 bits per heavy atom. The number of fused-ring (bicyclic) bond motifs is 12. The number of furan rings is 1. The van der Waals surface area contributed by atoms with E-state index in [-0.39, 0.29) is 17.3 Å². The van der Waals surface area contributed by atoms with E-state index in [0.29, 0.717) is 0 Å². The molecule has 0 N–H and O–H groups in total. The van der Waals surface area contributed by atoms with Gasteiger partial charge in [0.15, 0.2) is 0 Å². The van der Waals surface area contributed by atoms with Crippen LogP contribution in [0.4, 0.5) is 0 Å². The smallest absolute Gasteiger partial charge is 0.143 e. The standard InChI is InChI=1S/C52H42N2O/c1-4-13-39-41(5-2)52(42-17-8-6-15-40(42)49-44(52)31-30-38-37-14-7-11-21-47(37)55-50(38)49)43-18-12-16-36(48(39)43)33-24-26-34(27-25-33)51-53-45-19-9-10-20-46(45)54(51)35-28-22-32(3)23-29-35/h5-24,26,28-31,43,48H,4,25,27H2,1-3H3. The summed E-state index contributed by atoms with van der Waals surface area (Å²) in [7, 11) is 0. The number of imidazole rings is 1. The summed E-state index contributed by atoms with van der Waals surface area (Å²) in [5, 5.41) is 2.36. The fraction of sp³-hybridized carbons (Fsp3) is 0.173. The highest BCUT2D eigenvalue weighted by Gasteiger charge is 2.60. The van der Waals surface area contributed by atoms with Gasteiger partial charge in [-0.2, -0.15) is 0 Å². The Balaban J connectivity index is 1.06. The first-order chi connectivity index (χ1) is 27.1. The number of nitrogens with zero attached hydrogens (tertiary/aromatic N) is 2. The van der Waals surface area contributed by atoms with Crippen LogP contribution in [0.25, 0.3) is 55.4 Å². The third-order valence-corrected chi connectivity index (χ3v) is 12.8. The second-order valence-electron chi connectivity index (χ2n) is 15.6. The van der Waals surface area contributed by atoms with E-state index in [2.05, 4.69) is 177 Å². The maximum Gasteiger partial charge on any atom is 0.143 e. The van der Waals surface area contributed by atoms with E-state index in [9.17, 15) is 0 Å². The molecule has 0 saturated heterocycles. The number of hydrogen-bond acceptors (Lipinski definition) is 2. The van der Waals surface area contributed by atoms with Gasteiger partial charge in [-0.25, -0.2) is 4.98 Å². The first kappa shape index (κ1) is 32.3. The molecule has 3 nitrogen and oxygen atoms in total. The molecule has 1 saturated carbocycles. The molecule has 2 heterocycles. The maximum atomic E-state index is 6.77. The van der Waals surface area contributed by atoms with Crippen LogP contribution in [0.15, 0.2) is 178 Å². The Kier molecular flexibility index (Phi) is 7.13. The highest BCUT2D eigenvalue weighted by atomic mass is 16.3. The Morgan fingerprint density at radius 3 is 2.42 bits per heavy atom. The van der Waals surface area contributed by atoms with Gasteiger partial charge in [-0.05, 0) is 108 Å². The molecular formula is C52H42N2O. The number of allylic oxidation sites excluding steroid dienone is 12. The molecule has 7 aromatic rings. The normalized spacial score (nSPS) is 22.8. The molecule has 4 aliphatic carbocycles. The molecule has 5 aromatic carbocycles. The van der Waals surface area contributed by atoms with Crippen molar-refractivity contribution in [2.45, 2.75) is 45.4 Å². The van der Waals surface area contributed by atoms with Gasteiger partial charge in [0.05, 0.1) is 16.4 Å². The van der Waals surface area contributed by atoms with Crippen LogP contribution in [0.2, 0.25) is 0 Å². The average molecular weight is 711 g/mol. The molecule has 0 aliphatic heterocycles. The van der Waals surface area contributed by atoms with Crippen molar-refractivity contribution in [2.24, 2.45) is 11.8 Å². The zero-order chi connectivity index (χ0) is 36.8. The molecule has 0 bridgehead atoms. The lowest BCUT2D eigenvalue weighted by Gasteiger charge is -2.37. The van der Waals surface area contributed by atoms with Gasteiger partial charge >= 0.3 is 0 Å². The lowest BCUT2D eigenvalue weighted by Crippen LogP contribution is -2.34. The number of aromatic nitrogens is 2. The maximum absolute atomic E-state index is 6.77. The molecule has 11 rings (SSSR count). The van der Waals surface area contributed by atoms with Crippen LogP contribution in [0.3, 0.4) is 0 Å². The van der Waals surface area contributed by atoms with Gasteiger partial charge in [0.1, 0.15) is 17.0 Å². The highest BCUT2D eigenvalue weighted by molar-refractivity contribution is 6.12. The first-order valence-corrected chi connectivity index (χ1v) is 19.9. The zero-order valence-electron chi connectivity index (χ0n) is 31.5. The summed E-state index contributed by atoms with van der Waals surface area (Å²) in [6.45, 7) is 6.68. The van der Waals surface area contributed by atoms with E-state index in [1.165, 1.54) is 66.5 Å². The second kappa shape index (κ2) is 12.2. The summed E-state index contributed by atoms with van der Waals surface area (Å²) in [5.74, 6) is 1.49. The monoisotopic (exact) mass is 710 g/mol. The molecule has 266 valence electrons. The van der Waals surface area contributed by atoms with Gasteiger partial charge < -0.3 is 4.42 Å². The minimum absolute atomic E-state index is 0.220. The third kappa shape index (κ3) is 4.41.